The topological polar surface area (TPSA) is 93.1 Å². The summed E-state index contributed by atoms with van der Waals surface area (Å²) in [4.78, 5) is 12.7. The number of carbonyl (C=O) groups excluding carboxylic acids is 1. The van der Waals surface area contributed by atoms with E-state index in [1.807, 2.05) is 29.1 Å². The first-order chi connectivity index (χ1) is 14.4. The van der Waals surface area contributed by atoms with Gasteiger partial charge in [-0.15, -0.1) is 0 Å². The molecule has 2 N–H and O–H groups in total. The third kappa shape index (κ3) is 4.71. The monoisotopic (exact) mass is 424 g/mol. The van der Waals surface area contributed by atoms with Crippen molar-refractivity contribution in [1.29, 1.82) is 0 Å². The summed E-state index contributed by atoms with van der Waals surface area (Å²) in [7, 11) is -3.35. The van der Waals surface area contributed by atoms with Gasteiger partial charge >= 0.3 is 0 Å². The highest BCUT2D eigenvalue weighted by atomic mass is 32.2. The van der Waals surface area contributed by atoms with E-state index >= 15 is 0 Å². The van der Waals surface area contributed by atoms with Crippen molar-refractivity contribution in [2.24, 2.45) is 0 Å². The summed E-state index contributed by atoms with van der Waals surface area (Å²) in [6.07, 6.45) is 5.74. The van der Waals surface area contributed by atoms with Crippen LogP contribution in [0.1, 0.15) is 46.1 Å². The van der Waals surface area contributed by atoms with Gasteiger partial charge in [0.1, 0.15) is 0 Å². The standard InChI is InChI=1S/C22H24N4O3S/c1-30(28,29)25-18-12-10-17(11-13-18)22(27)24-20-8-5-9-21-19(20)14-23-26(21)15-16-6-3-2-4-7-16/h2-4,6-7,10-14,20,25H,5,8-9,15H2,1H3,(H,24,27). The fourth-order valence-electron chi connectivity index (χ4n) is 3.81. The van der Waals surface area contributed by atoms with E-state index in [4.69, 9.17) is 0 Å². The fraction of sp³-hybridized carbons (Fsp3) is 0.273. The molecule has 0 spiro atoms. The van der Waals surface area contributed by atoms with Crippen LogP contribution in [-0.4, -0.2) is 30.4 Å². The van der Waals surface area contributed by atoms with E-state index in [1.54, 1.807) is 24.3 Å². The number of hydrogen-bond donors (Lipinski definition) is 2. The second-order valence-electron chi connectivity index (χ2n) is 7.56. The Balaban J connectivity index is 1.47. The van der Waals surface area contributed by atoms with E-state index < -0.39 is 10.0 Å². The zero-order chi connectivity index (χ0) is 21.1. The first-order valence-electron chi connectivity index (χ1n) is 9.86. The molecule has 7 nitrogen and oxygen atoms in total. The van der Waals surface area contributed by atoms with Gasteiger partial charge in [0, 0.05) is 22.5 Å². The maximum Gasteiger partial charge on any atom is 0.251 e. The van der Waals surface area contributed by atoms with Gasteiger partial charge in [0.25, 0.3) is 5.91 Å². The third-order valence-electron chi connectivity index (χ3n) is 5.19. The molecular weight excluding hydrogens is 400 g/mol. The summed E-state index contributed by atoms with van der Waals surface area (Å²) in [5, 5.41) is 7.67. The van der Waals surface area contributed by atoms with Gasteiger partial charge < -0.3 is 5.32 Å². The number of nitrogens with one attached hydrogen (secondary N) is 2. The number of nitrogens with zero attached hydrogens (tertiary/aromatic N) is 2. The number of carbonyl (C=O) groups is 1. The van der Waals surface area contributed by atoms with Crippen molar-refractivity contribution in [2.45, 2.75) is 31.8 Å². The molecule has 0 fully saturated rings. The van der Waals surface area contributed by atoms with Crippen molar-refractivity contribution in [1.82, 2.24) is 15.1 Å². The van der Waals surface area contributed by atoms with Crippen molar-refractivity contribution >= 4 is 21.6 Å². The maximum absolute atomic E-state index is 12.7. The first kappa shape index (κ1) is 20.2. The number of amides is 1. The summed E-state index contributed by atoms with van der Waals surface area (Å²) >= 11 is 0. The Hall–Kier alpha value is -3.13. The lowest BCUT2D eigenvalue weighted by Crippen LogP contribution is -2.31. The highest BCUT2D eigenvalue weighted by molar-refractivity contribution is 7.92. The molecule has 0 bridgehead atoms. The molecule has 4 rings (SSSR count). The Kier molecular flexibility index (Phi) is 5.59. The molecule has 0 saturated heterocycles. The molecule has 0 radical (unpaired) electrons. The molecule has 8 heteroatoms. The molecule has 156 valence electrons. The maximum atomic E-state index is 12.7. The van der Waals surface area contributed by atoms with Gasteiger partial charge in [0.2, 0.25) is 10.0 Å². The van der Waals surface area contributed by atoms with Crippen LogP contribution in [-0.2, 0) is 23.0 Å². The number of hydrogen-bond acceptors (Lipinski definition) is 4. The molecule has 1 unspecified atom stereocenters. The third-order valence-corrected chi connectivity index (χ3v) is 5.80. The lowest BCUT2D eigenvalue weighted by atomic mass is 9.92. The van der Waals surface area contributed by atoms with Gasteiger partial charge in [0.15, 0.2) is 0 Å². The Morgan fingerprint density at radius 3 is 2.57 bits per heavy atom. The molecule has 1 heterocycles. The van der Waals surface area contributed by atoms with Crippen LogP contribution in [0.15, 0.2) is 60.8 Å². The molecule has 30 heavy (non-hydrogen) atoms. The van der Waals surface area contributed by atoms with Crippen molar-refractivity contribution in [3.8, 4) is 0 Å². The zero-order valence-corrected chi connectivity index (χ0v) is 17.5. The Morgan fingerprint density at radius 2 is 1.87 bits per heavy atom. The van der Waals surface area contributed by atoms with E-state index in [2.05, 4.69) is 27.3 Å². The Labute approximate surface area is 176 Å². The lowest BCUT2D eigenvalue weighted by Gasteiger charge is -2.24. The van der Waals surface area contributed by atoms with E-state index in [0.717, 1.165) is 31.1 Å². The highest BCUT2D eigenvalue weighted by Crippen LogP contribution is 2.30. The Morgan fingerprint density at radius 1 is 1.13 bits per heavy atom. The molecule has 0 aliphatic heterocycles. The molecule has 1 amide bonds. The van der Waals surface area contributed by atoms with E-state index in [0.29, 0.717) is 17.8 Å². The summed E-state index contributed by atoms with van der Waals surface area (Å²) < 4.78 is 27.1. The average Bonchev–Trinajstić information content (AvgIpc) is 3.12. The zero-order valence-electron chi connectivity index (χ0n) is 16.7. The molecule has 1 aliphatic carbocycles. The number of sulfonamides is 1. The number of rotatable bonds is 6. The summed E-state index contributed by atoms with van der Waals surface area (Å²) in [5.74, 6) is -0.186. The number of anilines is 1. The normalized spacial score (nSPS) is 16.0. The average molecular weight is 425 g/mol. The van der Waals surface area contributed by atoms with Crippen LogP contribution in [0.2, 0.25) is 0 Å². The van der Waals surface area contributed by atoms with E-state index in [9.17, 15) is 13.2 Å². The van der Waals surface area contributed by atoms with Crippen LogP contribution in [0, 0.1) is 0 Å². The molecule has 1 atom stereocenters. The number of fused-ring (bicyclic) bond motifs is 1. The summed E-state index contributed by atoms with van der Waals surface area (Å²) in [6, 6.07) is 16.5. The second-order valence-corrected chi connectivity index (χ2v) is 9.31. The Bertz CT molecular complexity index is 1140. The molecule has 0 saturated carbocycles. The second kappa shape index (κ2) is 8.31. The molecule has 3 aromatic rings. The van der Waals surface area contributed by atoms with Gasteiger partial charge in [-0.2, -0.15) is 5.10 Å². The largest absolute Gasteiger partial charge is 0.345 e. The van der Waals surface area contributed by atoms with Crippen molar-refractivity contribution in [3.05, 3.63) is 83.2 Å². The van der Waals surface area contributed by atoms with Crippen LogP contribution in [0.5, 0.6) is 0 Å². The van der Waals surface area contributed by atoms with Gasteiger partial charge in [-0.1, -0.05) is 30.3 Å². The van der Waals surface area contributed by atoms with Gasteiger partial charge in [-0.05, 0) is 49.1 Å². The first-order valence-corrected chi connectivity index (χ1v) is 11.8. The van der Waals surface area contributed by atoms with Crippen LogP contribution in [0.3, 0.4) is 0 Å². The van der Waals surface area contributed by atoms with Crippen LogP contribution >= 0.6 is 0 Å². The minimum atomic E-state index is -3.35. The van der Waals surface area contributed by atoms with Crippen LogP contribution < -0.4 is 10.0 Å². The molecule has 1 aliphatic rings. The predicted molar refractivity (Wildman–Crippen MR) is 116 cm³/mol. The van der Waals surface area contributed by atoms with Crippen molar-refractivity contribution in [2.75, 3.05) is 11.0 Å². The summed E-state index contributed by atoms with van der Waals surface area (Å²) in [5.41, 5.74) is 4.34. The lowest BCUT2D eigenvalue weighted by molar-refractivity contribution is 0.0932. The van der Waals surface area contributed by atoms with Crippen LogP contribution in [0.25, 0.3) is 0 Å². The quantitative estimate of drug-likeness (QED) is 0.636. The molecule has 1 aromatic heterocycles. The number of benzene rings is 2. The highest BCUT2D eigenvalue weighted by Gasteiger charge is 2.26. The van der Waals surface area contributed by atoms with Crippen molar-refractivity contribution < 1.29 is 13.2 Å². The van der Waals surface area contributed by atoms with Crippen molar-refractivity contribution in [3.63, 3.8) is 0 Å². The minimum Gasteiger partial charge on any atom is -0.345 e. The predicted octanol–water partition coefficient (Wildman–Crippen LogP) is 3.11. The molecule has 2 aromatic carbocycles. The SMILES string of the molecule is CS(=O)(=O)Nc1ccc(C(=O)NC2CCCc3c2cnn3Cc2ccccc2)cc1. The van der Waals surface area contributed by atoms with Gasteiger partial charge in [-0.25, -0.2) is 8.42 Å². The summed E-state index contributed by atoms with van der Waals surface area (Å²) in [6.45, 7) is 0.714. The van der Waals surface area contributed by atoms with Crippen LogP contribution in [0.4, 0.5) is 5.69 Å². The fourth-order valence-corrected chi connectivity index (χ4v) is 4.37. The smallest absolute Gasteiger partial charge is 0.251 e. The van der Waals surface area contributed by atoms with Gasteiger partial charge in [0.05, 0.1) is 25.0 Å². The van der Waals surface area contributed by atoms with Gasteiger partial charge in [-0.3, -0.25) is 14.2 Å². The van der Waals surface area contributed by atoms with E-state index in [-0.39, 0.29) is 11.9 Å². The van der Waals surface area contributed by atoms with E-state index in [1.165, 1.54) is 11.3 Å². The molecular formula is C22H24N4O3S. The minimum absolute atomic E-state index is 0.0837. The number of aromatic nitrogens is 2.